The number of hydrogen-bond donors (Lipinski definition) is 1. The van der Waals surface area contributed by atoms with Crippen LogP contribution in [-0.2, 0) is 9.53 Å². The lowest BCUT2D eigenvalue weighted by atomic mass is 10.1. The smallest absolute Gasteiger partial charge is 0.342 e. The lowest BCUT2D eigenvalue weighted by Crippen LogP contribution is -2.12. The van der Waals surface area contributed by atoms with E-state index >= 15 is 0 Å². The minimum absolute atomic E-state index is 0.249. The average molecular weight is 252 g/mol. The molecule has 0 saturated carbocycles. The third-order valence-corrected chi connectivity index (χ3v) is 3.27. The molecule has 0 fully saturated rings. The van der Waals surface area contributed by atoms with Crippen LogP contribution in [0.25, 0.3) is 0 Å². The van der Waals surface area contributed by atoms with Gasteiger partial charge in [0.05, 0.1) is 5.56 Å². The molecule has 1 rings (SSSR count). The van der Waals surface area contributed by atoms with Crippen molar-refractivity contribution in [3.05, 3.63) is 16.0 Å². The molecule has 1 amide bonds. The van der Waals surface area contributed by atoms with Gasteiger partial charge in [0.2, 0.25) is 5.91 Å². The highest BCUT2D eigenvalue weighted by Gasteiger charge is 2.21. The second kappa shape index (κ2) is 5.46. The molecule has 6 heteroatoms. The number of amides is 1. The largest absolute Gasteiger partial charge is 0.447 e. The Morgan fingerprint density at radius 3 is 2.65 bits per heavy atom. The number of anilines is 1. The molecule has 0 bridgehead atoms. The number of aryl methyl sites for hydroxylation is 1. The number of nitrogens with zero attached hydrogens (tertiary/aromatic N) is 1. The number of esters is 1. The molecule has 0 aliphatic carbocycles. The maximum atomic E-state index is 11.7. The Morgan fingerprint density at radius 2 is 2.12 bits per heavy atom. The van der Waals surface area contributed by atoms with Gasteiger partial charge in [-0.05, 0) is 19.4 Å². The van der Waals surface area contributed by atoms with Crippen molar-refractivity contribution in [2.75, 3.05) is 11.9 Å². The van der Waals surface area contributed by atoms with Crippen molar-refractivity contribution in [3.63, 3.8) is 0 Å². The zero-order valence-electron chi connectivity index (χ0n) is 9.79. The van der Waals surface area contributed by atoms with Crippen molar-refractivity contribution < 1.29 is 14.3 Å². The molecule has 0 radical (unpaired) electrons. The fourth-order valence-electron chi connectivity index (χ4n) is 1.29. The van der Waals surface area contributed by atoms with E-state index in [9.17, 15) is 9.59 Å². The van der Waals surface area contributed by atoms with Crippen molar-refractivity contribution in [2.45, 2.75) is 20.8 Å². The van der Waals surface area contributed by atoms with Crippen LogP contribution >= 0.6 is 11.3 Å². The molecule has 0 unspecified atom stereocenters. The first-order valence-electron chi connectivity index (χ1n) is 4.89. The molecular weight excluding hydrogens is 240 g/mol. The zero-order chi connectivity index (χ0) is 13.0. The molecular formula is C11H12N2O3S. The third-order valence-electron chi connectivity index (χ3n) is 2.15. The highest BCUT2D eigenvalue weighted by molar-refractivity contribution is 7.16. The average Bonchev–Trinajstić information content (AvgIpc) is 2.50. The number of carbonyl (C=O) groups is 2. The van der Waals surface area contributed by atoms with E-state index in [1.165, 1.54) is 18.3 Å². The minimum Gasteiger partial charge on any atom is -0.447 e. The summed E-state index contributed by atoms with van der Waals surface area (Å²) < 4.78 is 4.75. The van der Waals surface area contributed by atoms with Gasteiger partial charge < -0.3 is 10.1 Å². The zero-order valence-corrected chi connectivity index (χ0v) is 10.6. The van der Waals surface area contributed by atoms with Crippen LogP contribution in [0.2, 0.25) is 0 Å². The van der Waals surface area contributed by atoms with E-state index in [1.807, 2.05) is 6.92 Å². The van der Waals surface area contributed by atoms with Gasteiger partial charge in [-0.25, -0.2) is 4.79 Å². The van der Waals surface area contributed by atoms with Crippen LogP contribution in [0.5, 0.6) is 0 Å². The molecule has 0 saturated heterocycles. The van der Waals surface area contributed by atoms with Crippen molar-refractivity contribution in [2.24, 2.45) is 0 Å². The number of nitriles is 1. The summed E-state index contributed by atoms with van der Waals surface area (Å²) in [6.07, 6.45) is 0. The standard InChI is InChI=1S/C11H12N2O3S/c1-6-7(2)17-10(13-8(3)14)9(6)11(15)16-5-4-12/h5H2,1-3H3,(H,13,14). The molecule has 90 valence electrons. The number of ether oxygens (including phenoxy) is 1. The van der Waals surface area contributed by atoms with E-state index in [4.69, 9.17) is 10.00 Å². The summed E-state index contributed by atoms with van der Waals surface area (Å²) in [5, 5.41) is 11.4. The van der Waals surface area contributed by atoms with Crippen LogP contribution in [0, 0.1) is 25.2 Å². The molecule has 1 N–H and O–H groups in total. The van der Waals surface area contributed by atoms with Gasteiger partial charge >= 0.3 is 5.97 Å². The Morgan fingerprint density at radius 1 is 1.47 bits per heavy atom. The van der Waals surface area contributed by atoms with Crippen molar-refractivity contribution in [1.82, 2.24) is 0 Å². The number of hydrogen-bond acceptors (Lipinski definition) is 5. The summed E-state index contributed by atoms with van der Waals surface area (Å²) in [5.41, 5.74) is 1.10. The second-order valence-corrected chi connectivity index (χ2v) is 4.63. The first kappa shape index (κ1) is 13.2. The molecule has 0 spiro atoms. The summed E-state index contributed by atoms with van der Waals surface area (Å²) in [6.45, 7) is 4.70. The quantitative estimate of drug-likeness (QED) is 0.834. The van der Waals surface area contributed by atoms with Crippen LogP contribution in [0.15, 0.2) is 0 Å². The third kappa shape index (κ3) is 3.04. The van der Waals surface area contributed by atoms with E-state index < -0.39 is 5.97 Å². The normalized spacial score (nSPS) is 9.53. The lowest BCUT2D eigenvalue weighted by molar-refractivity contribution is -0.114. The van der Waals surface area contributed by atoms with E-state index in [0.29, 0.717) is 10.6 Å². The lowest BCUT2D eigenvalue weighted by Gasteiger charge is -2.04. The summed E-state index contributed by atoms with van der Waals surface area (Å²) in [5.74, 6) is -0.835. The van der Waals surface area contributed by atoms with Gasteiger partial charge in [0, 0.05) is 11.8 Å². The second-order valence-electron chi connectivity index (χ2n) is 3.40. The van der Waals surface area contributed by atoms with E-state index in [2.05, 4.69) is 5.32 Å². The maximum Gasteiger partial charge on any atom is 0.342 e. The first-order valence-corrected chi connectivity index (χ1v) is 5.70. The van der Waals surface area contributed by atoms with Gasteiger partial charge in [0.15, 0.2) is 6.61 Å². The summed E-state index contributed by atoms with van der Waals surface area (Å²) in [6, 6.07) is 1.73. The van der Waals surface area contributed by atoms with Crippen molar-refractivity contribution in [3.8, 4) is 6.07 Å². The van der Waals surface area contributed by atoms with Crippen molar-refractivity contribution >= 4 is 28.2 Å². The Bertz CT molecular complexity index is 500. The number of thiophene rings is 1. The molecule has 0 aromatic carbocycles. The van der Waals surface area contributed by atoms with Crippen LogP contribution in [0.1, 0.15) is 27.7 Å². The predicted octanol–water partition coefficient (Wildman–Crippen LogP) is 2.00. The van der Waals surface area contributed by atoms with E-state index in [0.717, 1.165) is 10.4 Å². The molecule has 5 nitrogen and oxygen atoms in total. The van der Waals surface area contributed by atoms with Crippen LogP contribution in [0.3, 0.4) is 0 Å². The predicted molar refractivity (Wildman–Crippen MR) is 64.0 cm³/mol. The van der Waals surface area contributed by atoms with Crippen LogP contribution in [0.4, 0.5) is 5.00 Å². The Labute approximate surface area is 103 Å². The number of nitrogens with one attached hydrogen (secondary N) is 1. The van der Waals surface area contributed by atoms with Gasteiger partial charge in [-0.15, -0.1) is 11.3 Å². The summed E-state index contributed by atoms with van der Waals surface area (Å²) in [7, 11) is 0. The van der Waals surface area contributed by atoms with Gasteiger partial charge in [0.1, 0.15) is 11.1 Å². The molecule has 1 heterocycles. The fourth-order valence-corrected chi connectivity index (χ4v) is 2.39. The fraction of sp³-hybridized carbons (Fsp3) is 0.364. The SMILES string of the molecule is CC(=O)Nc1sc(C)c(C)c1C(=O)OCC#N. The Balaban J connectivity index is 3.07. The molecule has 0 aliphatic rings. The first-order chi connectivity index (χ1) is 7.97. The molecule has 0 aliphatic heterocycles. The Kier molecular flexibility index (Phi) is 4.24. The molecule has 17 heavy (non-hydrogen) atoms. The molecule has 0 atom stereocenters. The molecule has 1 aromatic heterocycles. The molecule has 1 aromatic rings. The van der Waals surface area contributed by atoms with Gasteiger partial charge in [-0.1, -0.05) is 0 Å². The number of rotatable bonds is 3. The summed E-state index contributed by atoms with van der Waals surface area (Å²) in [4.78, 5) is 23.7. The highest BCUT2D eigenvalue weighted by atomic mass is 32.1. The van der Waals surface area contributed by atoms with E-state index in [-0.39, 0.29) is 12.5 Å². The maximum absolute atomic E-state index is 11.7. The van der Waals surface area contributed by atoms with Gasteiger partial charge in [0.25, 0.3) is 0 Å². The summed E-state index contributed by atoms with van der Waals surface area (Å²) >= 11 is 1.32. The van der Waals surface area contributed by atoms with Crippen molar-refractivity contribution in [1.29, 1.82) is 5.26 Å². The Hall–Kier alpha value is -1.87. The topological polar surface area (TPSA) is 79.2 Å². The highest BCUT2D eigenvalue weighted by Crippen LogP contribution is 2.32. The van der Waals surface area contributed by atoms with Gasteiger partial charge in [-0.3, -0.25) is 4.79 Å². The number of carbonyl (C=O) groups excluding carboxylic acids is 2. The monoisotopic (exact) mass is 252 g/mol. The minimum atomic E-state index is -0.586. The van der Waals surface area contributed by atoms with Gasteiger partial charge in [-0.2, -0.15) is 5.26 Å². The van der Waals surface area contributed by atoms with Crippen LogP contribution < -0.4 is 5.32 Å². The van der Waals surface area contributed by atoms with Crippen LogP contribution in [-0.4, -0.2) is 18.5 Å². The van der Waals surface area contributed by atoms with E-state index in [1.54, 1.807) is 13.0 Å².